The molecule has 2 aliphatic rings. The molecule has 33 heavy (non-hydrogen) atoms. The maximum Gasteiger partial charge on any atom is 0.134 e. The van der Waals surface area contributed by atoms with Gasteiger partial charge in [-0.25, -0.2) is 4.98 Å². The molecule has 2 fully saturated rings. The van der Waals surface area contributed by atoms with E-state index in [1.165, 1.54) is 50.6 Å². The van der Waals surface area contributed by atoms with Gasteiger partial charge in [0.2, 0.25) is 0 Å². The van der Waals surface area contributed by atoms with Crippen molar-refractivity contribution in [2.75, 3.05) is 23.3 Å². The van der Waals surface area contributed by atoms with Crippen LogP contribution in [-0.2, 0) is 0 Å². The summed E-state index contributed by atoms with van der Waals surface area (Å²) >= 11 is 0. The zero-order valence-corrected chi connectivity index (χ0v) is 19.1. The first-order chi connectivity index (χ1) is 16.3. The monoisotopic (exact) mass is 440 g/mol. The first-order valence-electron chi connectivity index (χ1n) is 12.3. The molecule has 0 spiro atoms. The summed E-state index contributed by atoms with van der Waals surface area (Å²) in [7, 11) is 0. The molecule has 0 amide bonds. The number of anilines is 2. The Kier molecular flexibility index (Phi) is 6.62. The number of rotatable bonds is 6. The Morgan fingerprint density at radius 3 is 2.76 bits per heavy atom. The molecule has 1 N–H and O–H groups in total. The number of aromatic nitrogens is 1. The molecule has 2 aromatic heterocycles. The fourth-order valence-corrected chi connectivity index (χ4v) is 5.64. The SMILES string of the molecule is N#Cc1ccc(N2CCC[C@H](C[C@@H]3CCCC[C@H]3Nc3cc(-c4ccco4)ccn3)C2)cc1. The Labute approximate surface area is 196 Å². The number of nitriles is 1. The number of furan rings is 1. The van der Waals surface area contributed by atoms with Gasteiger partial charge >= 0.3 is 0 Å². The van der Waals surface area contributed by atoms with Crippen molar-refractivity contribution in [2.24, 2.45) is 11.8 Å². The zero-order chi connectivity index (χ0) is 22.5. The predicted octanol–water partition coefficient (Wildman–Crippen LogP) is 6.49. The fourth-order valence-electron chi connectivity index (χ4n) is 5.64. The van der Waals surface area contributed by atoms with Gasteiger partial charge in [0.05, 0.1) is 17.9 Å². The van der Waals surface area contributed by atoms with Crippen molar-refractivity contribution in [1.29, 1.82) is 5.26 Å². The van der Waals surface area contributed by atoms with E-state index in [0.29, 0.717) is 17.9 Å². The molecule has 1 aliphatic carbocycles. The van der Waals surface area contributed by atoms with Gasteiger partial charge in [-0.3, -0.25) is 0 Å². The second kappa shape index (κ2) is 10.1. The smallest absolute Gasteiger partial charge is 0.134 e. The van der Waals surface area contributed by atoms with Crippen LogP contribution >= 0.6 is 0 Å². The molecule has 3 atom stereocenters. The number of nitrogens with one attached hydrogen (secondary N) is 1. The summed E-state index contributed by atoms with van der Waals surface area (Å²) < 4.78 is 5.57. The molecule has 5 rings (SSSR count). The van der Waals surface area contributed by atoms with Crippen molar-refractivity contribution < 1.29 is 4.42 Å². The Balaban J connectivity index is 1.23. The van der Waals surface area contributed by atoms with Crippen LogP contribution in [0.3, 0.4) is 0 Å². The highest BCUT2D eigenvalue weighted by atomic mass is 16.3. The van der Waals surface area contributed by atoms with Gasteiger partial charge in [-0.05, 0) is 92.5 Å². The Bertz CT molecular complexity index is 1070. The van der Waals surface area contributed by atoms with E-state index in [0.717, 1.165) is 35.8 Å². The van der Waals surface area contributed by atoms with E-state index in [2.05, 4.69) is 39.5 Å². The predicted molar refractivity (Wildman–Crippen MR) is 132 cm³/mol. The molecule has 1 aromatic carbocycles. The van der Waals surface area contributed by atoms with E-state index in [9.17, 15) is 0 Å². The van der Waals surface area contributed by atoms with Gasteiger partial charge in [0, 0.05) is 36.6 Å². The van der Waals surface area contributed by atoms with Crippen LogP contribution < -0.4 is 10.2 Å². The molecule has 3 heterocycles. The topological polar surface area (TPSA) is 65.1 Å². The molecule has 1 aliphatic heterocycles. The Hall–Kier alpha value is -3.26. The molecular formula is C28H32N4O. The first kappa shape index (κ1) is 21.6. The lowest BCUT2D eigenvalue weighted by atomic mass is 9.77. The minimum atomic E-state index is 0.475. The van der Waals surface area contributed by atoms with Crippen LogP contribution in [0.25, 0.3) is 11.3 Å². The summed E-state index contributed by atoms with van der Waals surface area (Å²) in [6.45, 7) is 2.22. The Morgan fingerprint density at radius 2 is 1.94 bits per heavy atom. The number of piperidine rings is 1. The lowest BCUT2D eigenvalue weighted by Crippen LogP contribution is -2.39. The normalized spacial score (nSPS) is 23.1. The minimum absolute atomic E-state index is 0.475. The molecule has 0 bridgehead atoms. The number of benzene rings is 1. The fraction of sp³-hybridized carbons (Fsp3) is 0.429. The van der Waals surface area contributed by atoms with Crippen LogP contribution in [-0.4, -0.2) is 24.1 Å². The average molecular weight is 441 g/mol. The van der Waals surface area contributed by atoms with E-state index < -0.39 is 0 Å². The summed E-state index contributed by atoms with van der Waals surface area (Å²) in [6, 6.07) is 18.8. The highest BCUT2D eigenvalue weighted by molar-refractivity contribution is 5.61. The van der Waals surface area contributed by atoms with Gasteiger partial charge in [0.25, 0.3) is 0 Å². The van der Waals surface area contributed by atoms with Gasteiger partial charge < -0.3 is 14.6 Å². The summed E-state index contributed by atoms with van der Waals surface area (Å²) in [4.78, 5) is 7.12. The lowest BCUT2D eigenvalue weighted by Gasteiger charge is -2.39. The van der Waals surface area contributed by atoms with Crippen molar-refractivity contribution in [3.05, 3.63) is 66.6 Å². The lowest BCUT2D eigenvalue weighted by molar-refractivity contribution is 0.247. The zero-order valence-electron chi connectivity index (χ0n) is 19.1. The molecule has 1 saturated heterocycles. The van der Waals surface area contributed by atoms with Crippen molar-refractivity contribution >= 4 is 11.5 Å². The van der Waals surface area contributed by atoms with Gasteiger partial charge in [0.15, 0.2) is 0 Å². The highest BCUT2D eigenvalue weighted by Crippen LogP contribution is 2.35. The van der Waals surface area contributed by atoms with Crippen molar-refractivity contribution in [3.63, 3.8) is 0 Å². The van der Waals surface area contributed by atoms with Crippen LogP contribution in [0.2, 0.25) is 0 Å². The molecule has 170 valence electrons. The molecule has 5 heteroatoms. The molecule has 1 saturated carbocycles. The second-order valence-electron chi connectivity index (χ2n) is 9.55. The third kappa shape index (κ3) is 5.22. The minimum Gasteiger partial charge on any atom is -0.464 e. The molecule has 5 nitrogen and oxygen atoms in total. The van der Waals surface area contributed by atoms with E-state index in [1.807, 2.05) is 36.5 Å². The summed E-state index contributed by atoms with van der Waals surface area (Å²) in [6.07, 6.45) is 12.5. The quantitative estimate of drug-likeness (QED) is 0.474. The summed E-state index contributed by atoms with van der Waals surface area (Å²) in [5.74, 6) is 3.22. The van der Waals surface area contributed by atoms with Gasteiger partial charge in [-0.1, -0.05) is 12.8 Å². The van der Waals surface area contributed by atoms with Crippen LogP contribution in [0.4, 0.5) is 11.5 Å². The van der Waals surface area contributed by atoms with E-state index in [4.69, 9.17) is 9.68 Å². The number of hydrogen-bond donors (Lipinski definition) is 1. The van der Waals surface area contributed by atoms with Crippen LogP contribution in [0.5, 0.6) is 0 Å². The van der Waals surface area contributed by atoms with E-state index in [1.54, 1.807) is 6.26 Å². The number of pyridine rings is 1. The Morgan fingerprint density at radius 1 is 1.06 bits per heavy atom. The third-order valence-electron chi connectivity index (χ3n) is 7.32. The maximum atomic E-state index is 9.08. The molecular weight excluding hydrogens is 408 g/mol. The number of nitrogens with zero attached hydrogens (tertiary/aromatic N) is 3. The summed E-state index contributed by atoms with van der Waals surface area (Å²) in [5.41, 5.74) is 3.04. The average Bonchev–Trinajstić information content (AvgIpc) is 3.41. The molecule has 0 radical (unpaired) electrons. The van der Waals surface area contributed by atoms with Gasteiger partial charge in [0.1, 0.15) is 11.6 Å². The summed E-state index contributed by atoms with van der Waals surface area (Å²) in [5, 5.41) is 12.9. The number of hydrogen-bond acceptors (Lipinski definition) is 5. The van der Waals surface area contributed by atoms with Crippen LogP contribution in [0.1, 0.15) is 50.5 Å². The molecule has 3 aromatic rings. The van der Waals surface area contributed by atoms with E-state index >= 15 is 0 Å². The van der Waals surface area contributed by atoms with Gasteiger partial charge in [-0.15, -0.1) is 0 Å². The molecule has 0 unspecified atom stereocenters. The standard InChI is InChI=1S/C28H32N4O/c29-19-21-9-11-25(12-10-21)32-15-3-5-22(20-32)17-23-6-1-2-7-26(23)31-28-18-24(13-14-30-28)27-8-4-16-33-27/h4,8-14,16,18,22-23,26H,1-3,5-7,15,17,20H2,(H,30,31)/t22-,23+,26-/m1/s1. The van der Waals surface area contributed by atoms with Crippen molar-refractivity contribution in [3.8, 4) is 17.4 Å². The van der Waals surface area contributed by atoms with Gasteiger partial charge in [-0.2, -0.15) is 5.26 Å². The first-order valence-corrected chi connectivity index (χ1v) is 12.3. The van der Waals surface area contributed by atoms with Crippen LogP contribution in [0, 0.1) is 23.2 Å². The van der Waals surface area contributed by atoms with E-state index in [-0.39, 0.29) is 0 Å². The maximum absolute atomic E-state index is 9.08. The largest absolute Gasteiger partial charge is 0.464 e. The van der Waals surface area contributed by atoms with Crippen LogP contribution in [0.15, 0.2) is 65.4 Å². The third-order valence-corrected chi connectivity index (χ3v) is 7.32. The second-order valence-corrected chi connectivity index (χ2v) is 9.55. The highest BCUT2D eigenvalue weighted by Gasteiger charge is 2.30. The van der Waals surface area contributed by atoms with Crippen molar-refractivity contribution in [2.45, 2.75) is 51.0 Å². The van der Waals surface area contributed by atoms with Crippen molar-refractivity contribution in [1.82, 2.24) is 4.98 Å².